The van der Waals surface area contributed by atoms with Crippen LogP contribution in [0.25, 0.3) is 0 Å². The number of ether oxygens (including phenoxy) is 1. The number of benzene rings is 1. The Labute approximate surface area is 157 Å². The van der Waals surface area contributed by atoms with Gasteiger partial charge in [0.2, 0.25) is 0 Å². The molecule has 0 bridgehead atoms. The Morgan fingerprint density at radius 3 is 2.88 bits per heavy atom. The first-order valence-electron chi connectivity index (χ1n) is 8.46. The Bertz CT molecular complexity index is 799. The molecule has 6 heteroatoms. The quantitative estimate of drug-likeness (QED) is 0.776. The standard InChI is InChI=1S/C19H20ClN3OS/c1-3-13-11-25-19-22-17(15-6-4-5-9-21-15)18(23(13)19)12-7-8-16(24-2)14(20)10-12/h4-10,13,17-18H,3,11H2,1-2H3/t13-,17-,18-/m1/s1. The van der Waals surface area contributed by atoms with Gasteiger partial charge < -0.3 is 9.64 Å². The van der Waals surface area contributed by atoms with Crippen molar-refractivity contribution in [3.63, 3.8) is 0 Å². The van der Waals surface area contributed by atoms with Crippen molar-refractivity contribution in [1.29, 1.82) is 0 Å². The average molecular weight is 374 g/mol. The predicted molar refractivity (Wildman–Crippen MR) is 104 cm³/mol. The molecule has 2 aromatic rings. The number of aliphatic imine (C=N–C) groups is 1. The van der Waals surface area contributed by atoms with E-state index in [1.54, 1.807) is 7.11 Å². The van der Waals surface area contributed by atoms with E-state index in [4.69, 9.17) is 21.3 Å². The molecule has 3 atom stereocenters. The lowest BCUT2D eigenvalue weighted by Gasteiger charge is -2.32. The number of aromatic nitrogens is 1. The van der Waals surface area contributed by atoms with Gasteiger partial charge in [0, 0.05) is 18.0 Å². The number of thioether (sulfide) groups is 1. The minimum Gasteiger partial charge on any atom is -0.495 e. The van der Waals surface area contributed by atoms with Crippen molar-refractivity contribution in [2.24, 2.45) is 4.99 Å². The summed E-state index contributed by atoms with van der Waals surface area (Å²) >= 11 is 8.26. The van der Waals surface area contributed by atoms with Crippen LogP contribution in [0.5, 0.6) is 5.75 Å². The topological polar surface area (TPSA) is 37.7 Å². The van der Waals surface area contributed by atoms with Crippen LogP contribution in [0.2, 0.25) is 5.02 Å². The molecular weight excluding hydrogens is 354 g/mol. The Balaban J connectivity index is 1.79. The lowest BCUT2D eigenvalue weighted by Crippen LogP contribution is -2.35. The first kappa shape index (κ1) is 16.7. The zero-order chi connectivity index (χ0) is 17.4. The molecule has 4 nitrogen and oxygen atoms in total. The fourth-order valence-electron chi connectivity index (χ4n) is 3.58. The van der Waals surface area contributed by atoms with Gasteiger partial charge in [-0.25, -0.2) is 0 Å². The highest BCUT2D eigenvalue weighted by Gasteiger charge is 2.45. The van der Waals surface area contributed by atoms with Gasteiger partial charge in [-0.1, -0.05) is 42.4 Å². The summed E-state index contributed by atoms with van der Waals surface area (Å²) in [5.41, 5.74) is 2.15. The van der Waals surface area contributed by atoms with Crippen LogP contribution in [0, 0.1) is 0 Å². The summed E-state index contributed by atoms with van der Waals surface area (Å²) in [5, 5.41) is 1.76. The molecule has 0 aliphatic carbocycles. The van der Waals surface area contributed by atoms with Gasteiger partial charge in [0.1, 0.15) is 11.8 Å². The molecule has 4 rings (SSSR count). The highest BCUT2D eigenvalue weighted by atomic mass is 35.5. The fourth-order valence-corrected chi connectivity index (χ4v) is 5.18. The van der Waals surface area contributed by atoms with E-state index in [2.05, 4.69) is 28.9 Å². The third-order valence-electron chi connectivity index (χ3n) is 4.85. The highest BCUT2D eigenvalue weighted by molar-refractivity contribution is 8.14. The fraction of sp³-hybridized carbons (Fsp3) is 0.368. The van der Waals surface area contributed by atoms with Crippen LogP contribution in [0.3, 0.4) is 0 Å². The third kappa shape index (κ3) is 2.89. The molecule has 25 heavy (non-hydrogen) atoms. The van der Waals surface area contributed by atoms with E-state index in [1.165, 1.54) is 0 Å². The summed E-state index contributed by atoms with van der Waals surface area (Å²) in [6.07, 6.45) is 2.93. The Kier molecular flexibility index (Phi) is 4.61. The molecule has 0 spiro atoms. The number of fused-ring (bicyclic) bond motifs is 1. The van der Waals surface area contributed by atoms with E-state index in [9.17, 15) is 0 Å². The van der Waals surface area contributed by atoms with Crippen LogP contribution in [-0.4, -0.2) is 34.0 Å². The van der Waals surface area contributed by atoms with Crippen molar-refractivity contribution >= 4 is 28.5 Å². The summed E-state index contributed by atoms with van der Waals surface area (Å²) in [6, 6.07) is 12.7. The molecule has 2 aliphatic rings. The normalized spacial score (nSPS) is 25.0. The number of hydrogen-bond acceptors (Lipinski definition) is 5. The van der Waals surface area contributed by atoms with Crippen LogP contribution in [0.4, 0.5) is 0 Å². The maximum absolute atomic E-state index is 6.41. The van der Waals surface area contributed by atoms with Gasteiger partial charge in [-0.05, 0) is 36.2 Å². The molecule has 1 fully saturated rings. The summed E-state index contributed by atoms with van der Waals surface area (Å²) in [6.45, 7) is 2.24. The molecule has 0 N–H and O–H groups in total. The first-order chi connectivity index (χ1) is 12.2. The van der Waals surface area contributed by atoms with E-state index in [0.717, 1.165) is 28.6 Å². The van der Waals surface area contributed by atoms with Gasteiger partial charge in [-0.2, -0.15) is 0 Å². The lowest BCUT2D eigenvalue weighted by molar-refractivity contribution is 0.255. The Morgan fingerprint density at radius 2 is 2.20 bits per heavy atom. The zero-order valence-corrected chi connectivity index (χ0v) is 15.8. The molecule has 2 aliphatic heterocycles. The molecule has 0 amide bonds. The van der Waals surface area contributed by atoms with Crippen molar-refractivity contribution in [2.45, 2.75) is 31.5 Å². The molecule has 0 radical (unpaired) electrons. The van der Waals surface area contributed by atoms with E-state index in [0.29, 0.717) is 16.8 Å². The SMILES string of the molecule is CC[C@@H]1CSC2=N[C@H](c3ccccn3)[C@@H](c3ccc(OC)c(Cl)c3)N21. The van der Waals surface area contributed by atoms with E-state index in [-0.39, 0.29) is 12.1 Å². The van der Waals surface area contributed by atoms with Gasteiger partial charge in [-0.15, -0.1) is 0 Å². The number of nitrogens with zero attached hydrogens (tertiary/aromatic N) is 3. The molecule has 1 aromatic carbocycles. The summed E-state index contributed by atoms with van der Waals surface area (Å²) in [5.74, 6) is 1.78. The van der Waals surface area contributed by atoms with Gasteiger partial charge in [-0.3, -0.25) is 9.98 Å². The molecule has 1 saturated heterocycles. The monoisotopic (exact) mass is 373 g/mol. The molecular formula is C19H20ClN3OS. The van der Waals surface area contributed by atoms with E-state index in [1.807, 2.05) is 42.2 Å². The smallest absolute Gasteiger partial charge is 0.160 e. The number of amidine groups is 1. The van der Waals surface area contributed by atoms with E-state index < -0.39 is 0 Å². The number of pyridine rings is 1. The zero-order valence-electron chi connectivity index (χ0n) is 14.2. The average Bonchev–Trinajstić information content (AvgIpc) is 3.21. The first-order valence-corrected chi connectivity index (χ1v) is 9.82. The van der Waals surface area contributed by atoms with Crippen molar-refractivity contribution in [2.75, 3.05) is 12.9 Å². The number of halogens is 1. The lowest BCUT2D eigenvalue weighted by atomic mass is 9.95. The minimum atomic E-state index is -0.0116. The Hall–Kier alpha value is -1.72. The molecule has 130 valence electrons. The summed E-state index contributed by atoms with van der Waals surface area (Å²) in [4.78, 5) is 12.0. The Morgan fingerprint density at radius 1 is 1.32 bits per heavy atom. The van der Waals surface area contributed by atoms with E-state index >= 15 is 0 Å². The second kappa shape index (κ2) is 6.89. The number of rotatable bonds is 4. The van der Waals surface area contributed by atoms with Crippen molar-refractivity contribution in [1.82, 2.24) is 9.88 Å². The molecule has 1 aromatic heterocycles. The van der Waals surface area contributed by atoms with Crippen LogP contribution in [0.15, 0.2) is 47.6 Å². The number of hydrogen-bond donors (Lipinski definition) is 0. The summed E-state index contributed by atoms with van der Waals surface area (Å²) < 4.78 is 5.31. The van der Waals surface area contributed by atoms with Crippen molar-refractivity contribution < 1.29 is 4.74 Å². The van der Waals surface area contributed by atoms with Crippen LogP contribution < -0.4 is 4.74 Å². The third-order valence-corrected chi connectivity index (χ3v) is 6.27. The van der Waals surface area contributed by atoms with Crippen LogP contribution in [-0.2, 0) is 0 Å². The maximum atomic E-state index is 6.41. The van der Waals surface area contributed by atoms with Crippen molar-refractivity contribution in [3.8, 4) is 5.75 Å². The predicted octanol–water partition coefficient (Wildman–Crippen LogP) is 4.72. The largest absolute Gasteiger partial charge is 0.495 e. The second-order valence-corrected chi connectivity index (χ2v) is 7.62. The van der Waals surface area contributed by atoms with Crippen molar-refractivity contribution in [3.05, 3.63) is 58.9 Å². The number of methoxy groups -OCH3 is 1. The maximum Gasteiger partial charge on any atom is 0.160 e. The van der Waals surface area contributed by atoms with Crippen LogP contribution >= 0.6 is 23.4 Å². The molecule has 3 heterocycles. The minimum absolute atomic E-state index is 0.0116. The van der Waals surface area contributed by atoms with Gasteiger partial charge in [0.05, 0.1) is 23.9 Å². The van der Waals surface area contributed by atoms with Crippen LogP contribution in [0.1, 0.15) is 36.7 Å². The second-order valence-electron chi connectivity index (χ2n) is 6.23. The highest BCUT2D eigenvalue weighted by Crippen LogP contribution is 2.49. The van der Waals surface area contributed by atoms with Gasteiger partial charge >= 0.3 is 0 Å². The molecule has 0 unspecified atom stereocenters. The molecule has 0 saturated carbocycles. The van der Waals surface area contributed by atoms with Gasteiger partial charge in [0.25, 0.3) is 0 Å². The summed E-state index contributed by atoms with van der Waals surface area (Å²) in [7, 11) is 1.64. The van der Waals surface area contributed by atoms with Gasteiger partial charge in [0.15, 0.2) is 5.17 Å².